The molecule has 2 aromatic heterocycles. The van der Waals surface area contributed by atoms with Crippen LogP contribution in [0.3, 0.4) is 0 Å². The highest BCUT2D eigenvalue weighted by atomic mass is 16.1. The van der Waals surface area contributed by atoms with Gasteiger partial charge in [-0.25, -0.2) is 4.98 Å². The third kappa shape index (κ3) is 2.55. The monoisotopic (exact) mass is 327 g/mol. The minimum Gasteiger partial charge on any atom is -0.381 e. The fourth-order valence-corrected chi connectivity index (χ4v) is 4.57. The predicted octanol–water partition coefficient (Wildman–Crippen LogP) is 2.48. The molecule has 24 heavy (non-hydrogen) atoms. The minimum absolute atomic E-state index is 0.384. The molecular formula is C18H25N5O. The largest absolute Gasteiger partial charge is 0.381 e. The first-order valence-electron chi connectivity index (χ1n) is 8.95. The van der Waals surface area contributed by atoms with Crippen molar-refractivity contribution in [3.8, 4) is 0 Å². The average molecular weight is 327 g/mol. The van der Waals surface area contributed by atoms with Crippen molar-refractivity contribution in [2.75, 3.05) is 11.9 Å². The number of rotatable bonds is 5. The second-order valence-corrected chi connectivity index (χ2v) is 7.09. The zero-order valence-electron chi connectivity index (χ0n) is 14.1. The molecule has 2 atom stereocenters. The Morgan fingerprint density at radius 3 is 2.83 bits per heavy atom. The van der Waals surface area contributed by atoms with Crippen LogP contribution in [-0.2, 0) is 0 Å². The third-order valence-corrected chi connectivity index (χ3v) is 5.57. The van der Waals surface area contributed by atoms with Crippen molar-refractivity contribution in [1.29, 1.82) is 0 Å². The Hall–Kier alpha value is -2.08. The highest BCUT2D eigenvalue weighted by Gasteiger charge is 2.40. The predicted molar refractivity (Wildman–Crippen MR) is 95.1 cm³/mol. The van der Waals surface area contributed by atoms with Crippen molar-refractivity contribution in [3.63, 3.8) is 0 Å². The lowest BCUT2D eigenvalue weighted by Gasteiger charge is -2.39. The molecule has 6 nitrogen and oxygen atoms in total. The first kappa shape index (κ1) is 15.4. The molecule has 2 aliphatic rings. The van der Waals surface area contributed by atoms with Crippen LogP contribution in [0, 0.1) is 0 Å². The van der Waals surface area contributed by atoms with E-state index in [0.29, 0.717) is 23.7 Å². The van der Waals surface area contributed by atoms with E-state index in [1.807, 2.05) is 12.3 Å². The molecule has 1 amide bonds. The number of nitrogens with one attached hydrogen (secondary N) is 2. The molecule has 0 aromatic carbocycles. The summed E-state index contributed by atoms with van der Waals surface area (Å²) in [5.74, 6) is -0.431. The Labute approximate surface area is 141 Å². The number of anilines is 1. The molecular weight excluding hydrogens is 302 g/mol. The molecule has 0 spiro atoms. The van der Waals surface area contributed by atoms with Crippen LogP contribution in [0.25, 0.3) is 11.0 Å². The summed E-state index contributed by atoms with van der Waals surface area (Å²) in [6, 6.07) is 3.68. The topological polar surface area (TPSA) is 87.0 Å². The summed E-state index contributed by atoms with van der Waals surface area (Å²) in [4.78, 5) is 21.9. The van der Waals surface area contributed by atoms with E-state index >= 15 is 0 Å². The molecule has 0 aliphatic carbocycles. The highest BCUT2D eigenvalue weighted by molar-refractivity contribution is 6.05. The Bertz CT molecular complexity index is 741. The van der Waals surface area contributed by atoms with Crippen LogP contribution < -0.4 is 11.1 Å². The quantitative estimate of drug-likeness (QED) is 0.787. The maximum Gasteiger partial charge on any atom is 0.252 e. The number of amides is 1. The molecule has 0 unspecified atom stereocenters. The Morgan fingerprint density at radius 2 is 2.17 bits per heavy atom. The summed E-state index contributed by atoms with van der Waals surface area (Å²) in [7, 11) is 0. The van der Waals surface area contributed by atoms with Crippen molar-refractivity contribution >= 4 is 22.6 Å². The summed E-state index contributed by atoms with van der Waals surface area (Å²) in [6.07, 6.45) is 9.48. The Kier molecular flexibility index (Phi) is 3.92. The standard InChI is InChI=1S/C18H25N5O/c1-2-7-23-12-3-4-13(23)9-11(8-12)22-16-14-5-6-20-18(14)21-10-15(16)17(19)24/h5-6,10-13H,2-4,7-9H2,1H3,(H2,19,24)(H2,20,21,22)/t12-,13-/m0/s1. The van der Waals surface area contributed by atoms with Crippen LogP contribution in [-0.4, -0.2) is 45.4 Å². The molecule has 2 saturated heterocycles. The molecule has 0 radical (unpaired) electrons. The third-order valence-electron chi connectivity index (χ3n) is 5.57. The van der Waals surface area contributed by atoms with Gasteiger partial charge in [-0.3, -0.25) is 9.69 Å². The van der Waals surface area contributed by atoms with Crippen molar-refractivity contribution in [2.24, 2.45) is 5.73 Å². The van der Waals surface area contributed by atoms with Gasteiger partial charge in [0.2, 0.25) is 0 Å². The average Bonchev–Trinajstić information content (AvgIpc) is 3.11. The number of hydrogen-bond acceptors (Lipinski definition) is 4. The molecule has 2 bridgehead atoms. The van der Waals surface area contributed by atoms with Crippen LogP contribution in [0.2, 0.25) is 0 Å². The smallest absolute Gasteiger partial charge is 0.252 e. The number of carbonyl (C=O) groups excluding carboxylic acids is 1. The first-order chi connectivity index (χ1) is 11.7. The molecule has 0 saturated carbocycles. The summed E-state index contributed by atoms with van der Waals surface area (Å²) in [5, 5.41) is 4.58. The van der Waals surface area contributed by atoms with Crippen molar-refractivity contribution in [3.05, 3.63) is 24.0 Å². The van der Waals surface area contributed by atoms with E-state index in [9.17, 15) is 4.79 Å². The van der Waals surface area contributed by atoms with E-state index in [1.54, 1.807) is 6.20 Å². The number of fused-ring (bicyclic) bond motifs is 3. The van der Waals surface area contributed by atoms with Gasteiger partial charge in [0.15, 0.2) is 0 Å². The summed E-state index contributed by atoms with van der Waals surface area (Å²) >= 11 is 0. The van der Waals surface area contributed by atoms with E-state index in [4.69, 9.17) is 5.73 Å². The van der Waals surface area contributed by atoms with Crippen LogP contribution in [0.1, 0.15) is 49.4 Å². The van der Waals surface area contributed by atoms with Gasteiger partial charge in [-0.05, 0) is 44.7 Å². The van der Waals surface area contributed by atoms with E-state index in [1.165, 1.54) is 25.8 Å². The number of H-pyrrole nitrogens is 1. The van der Waals surface area contributed by atoms with Gasteiger partial charge >= 0.3 is 0 Å². The number of nitrogens with zero attached hydrogens (tertiary/aromatic N) is 2. The Balaban J connectivity index is 1.60. The zero-order valence-corrected chi connectivity index (χ0v) is 14.1. The fraction of sp³-hybridized carbons (Fsp3) is 0.556. The molecule has 4 rings (SSSR count). The lowest BCUT2D eigenvalue weighted by molar-refractivity contribution is 0.100. The molecule has 2 aliphatic heterocycles. The van der Waals surface area contributed by atoms with Gasteiger partial charge in [0.25, 0.3) is 5.91 Å². The SMILES string of the molecule is CCCN1[C@H]2CC[C@H]1CC(Nc1c(C(N)=O)cnc3[nH]ccc13)C2. The zero-order chi connectivity index (χ0) is 16.7. The fourth-order valence-electron chi connectivity index (χ4n) is 4.57. The van der Waals surface area contributed by atoms with E-state index in [0.717, 1.165) is 29.6 Å². The Morgan fingerprint density at radius 1 is 1.42 bits per heavy atom. The van der Waals surface area contributed by atoms with E-state index in [-0.39, 0.29) is 0 Å². The van der Waals surface area contributed by atoms with Crippen molar-refractivity contribution in [2.45, 2.75) is 57.2 Å². The van der Waals surface area contributed by atoms with Gasteiger partial charge < -0.3 is 16.0 Å². The van der Waals surface area contributed by atoms with Crippen LogP contribution in [0.15, 0.2) is 18.5 Å². The number of nitrogens with two attached hydrogens (primary N) is 1. The molecule has 2 fully saturated rings. The normalized spacial score (nSPS) is 26.8. The number of primary amides is 1. The first-order valence-corrected chi connectivity index (χ1v) is 8.95. The van der Waals surface area contributed by atoms with Crippen LogP contribution in [0.4, 0.5) is 5.69 Å². The van der Waals surface area contributed by atoms with Gasteiger partial charge in [-0.1, -0.05) is 6.92 Å². The molecule has 6 heteroatoms. The summed E-state index contributed by atoms with van der Waals surface area (Å²) < 4.78 is 0. The number of carbonyl (C=O) groups is 1. The second kappa shape index (κ2) is 6.09. The summed E-state index contributed by atoms with van der Waals surface area (Å²) in [6.45, 7) is 3.45. The number of hydrogen-bond donors (Lipinski definition) is 3. The molecule has 2 aromatic rings. The minimum atomic E-state index is -0.431. The van der Waals surface area contributed by atoms with Gasteiger partial charge in [0, 0.05) is 35.9 Å². The summed E-state index contributed by atoms with van der Waals surface area (Å²) in [5.41, 5.74) is 7.67. The lowest BCUT2D eigenvalue weighted by atomic mass is 9.96. The van der Waals surface area contributed by atoms with Gasteiger partial charge in [0.1, 0.15) is 5.65 Å². The van der Waals surface area contributed by atoms with Crippen molar-refractivity contribution in [1.82, 2.24) is 14.9 Å². The number of aromatic amines is 1. The van der Waals surface area contributed by atoms with Crippen molar-refractivity contribution < 1.29 is 4.79 Å². The maximum atomic E-state index is 11.8. The maximum absolute atomic E-state index is 11.8. The second-order valence-electron chi connectivity index (χ2n) is 7.09. The van der Waals surface area contributed by atoms with Gasteiger partial charge in [-0.2, -0.15) is 0 Å². The lowest BCUT2D eigenvalue weighted by Crippen LogP contribution is -2.47. The van der Waals surface area contributed by atoms with Crippen LogP contribution in [0.5, 0.6) is 0 Å². The van der Waals surface area contributed by atoms with E-state index in [2.05, 4.69) is 27.1 Å². The molecule has 4 N–H and O–H groups in total. The number of aromatic nitrogens is 2. The molecule has 128 valence electrons. The number of pyridine rings is 1. The van der Waals surface area contributed by atoms with E-state index < -0.39 is 5.91 Å². The van der Waals surface area contributed by atoms with Gasteiger partial charge in [0.05, 0.1) is 11.3 Å². The highest BCUT2D eigenvalue weighted by Crippen LogP contribution is 2.38. The molecule has 4 heterocycles. The van der Waals surface area contributed by atoms with Crippen LogP contribution >= 0.6 is 0 Å². The van der Waals surface area contributed by atoms with Gasteiger partial charge in [-0.15, -0.1) is 0 Å². The number of piperidine rings is 1.